The van der Waals surface area contributed by atoms with E-state index in [4.69, 9.17) is 0 Å². The first-order valence-electron chi connectivity index (χ1n) is 6.72. The number of carbonyl (C=O) groups excluding carboxylic acids is 1. The molecule has 1 aliphatic heterocycles. The molecule has 6 heteroatoms. The van der Waals surface area contributed by atoms with Crippen molar-refractivity contribution in [3.63, 3.8) is 0 Å². The number of nitro benzene ring substituents is 1. The van der Waals surface area contributed by atoms with Gasteiger partial charge in [-0.15, -0.1) is 0 Å². The minimum atomic E-state index is -0.446. The zero-order chi connectivity index (χ0) is 15.7. The number of nitrogens with zero attached hydrogens (tertiary/aromatic N) is 3. The highest BCUT2D eigenvalue weighted by molar-refractivity contribution is 6.33. The Morgan fingerprint density at radius 1 is 1.18 bits per heavy atom. The monoisotopic (exact) mass is 295 g/mol. The van der Waals surface area contributed by atoms with Crippen LogP contribution in [0.1, 0.15) is 17.2 Å². The molecule has 0 bridgehead atoms. The third-order valence-corrected chi connectivity index (χ3v) is 3.66. The van der Waals surface area contributed by atoms with Gasteiger partial charge in [0.15, 0.2) is 0 Å². The van der Waals surface area contributed by atoms with E-state index in [0.29, 0.717) is 11.3 Å². The first kappa shape index (κ1) is 13.9. The molecule has 0 aromatic heterocycles. The number of fused-ring (bicyclic) bond motifs is 1. The van der Waals surface area contributed by atoms with Gasteiger partial charge in [-0.3, -0.25) is 19.9 Å². The maximum absolute atomic E-state index is 12.0. The van der Waals surface area contributed by atoms with Gasteiger partial charge in [-0.2, -0.15) is 0 Å². The number of non-ortho nitro benzene ring substituents is 1. The highest BCUT2D eigenvalue weighted by Crippen LogP contribution is 2.37. The normalized spacial score (nSPS) is 17.0. The summed E-state index contributed by atoms with van der Waals surface area (Å²) in [6, 6.07) is 13.4. The lowest BCUT2D eigenvalue weighted by Gasteiger charge is -2.19. The van der Waals surface area contributed by atoms with Gasteiger partial charge < -0.3 is 4.90 Å². The average Bonchev–Trinajstić information content (AvgIpc) is 2.66. The Morgan fingerprint density at radius 3 is 2.59 bits per heavy atom. The Labute approximate surface area is 126 Å². The van der Waals surface area contributed by atoms with Crippen molar-refractivity contribution in [2.75, 3.05) is 11.9 Å². The number of aliphatic imine (C=N–C) groups is 1. The van der Waals surface area contributed by atoms with Crippen LogP contribution in [0, 0.1) is 10.1 Å². The van der Waals surface area contributed by atoms with Gasteiger partial charge in [-0.05, 0) is 11.6 Å². The molecular formula is C16H13N3O3. The van der Waals surface area contributed by atoms with Crippen LogP contribution in [0.2, 0.25) is 0 Å². The number of benzene rings is 2. The van der Waals surface area contributed by atoms with Crippen LogP contribution in [0.15, 0.2) is 53.5 Å². The molecule has 0 radical (unpaired) electrons. The highest BCUT2D eigenvalue weighted by atomic mass is 16.6. The molecule has 2 aromatic rings. The van der Waals surface area contributed by atoms with Crippen molar-refractivity contribution in [2.45, 2.75) is 6.04 Å². The Hall–Kier alpha value is -3.02. The van der Waals surface area contributed by atoms with Crippen LogP contribution in [-0.2, 0) is 4.79 Å². The Balaban J connectivity index is 2.22. The van der Waals surface area contributed by atoms with E-state index in [2.05, 4.69) is 4.99 Å². The molecule has 1 amide bonds. The molecule has 1 unspecified atom stereocenters. The lowest BCUT2D eigenvalue weighted by molar-refractivity contribution is -0.384. The van der Waals surface area contributed by atoms with Crippen LogP contribution in [-0.4, -0.2) is 24.1 Å². The number of amides is 1. The summed E-state index contributed by atoms with van der Waals surface area (Å²) >= 11 is 0. The second-order valence-electron chi connectivity index (χ2n) is 4.99. The second kappa shape index (κ2) is 5.40. The topological polar surface area (TPSA) is 75.8 Å². The smallest absolute Gasteiger partial charge is 0.269 e. The lowest BCUT2D eigenvalue weighted by Crippen LogP contribution is -2.26. The minimum absolute atomic E-state index is 0.0161. The van der Waals surface area contributed by atoms with E-state index in [1.807, 2.05) is 30.3 Å². The van der Waals surface area contributed by atoms with Crippen molar-refractivity contribution in [1.29, 1.82) is 0 Å². The molecule has 0 N–H and O–H groups in total. The first-order valence-corrected chi connectivity index (χ1v) is 6.72. The largest absolute Gasteiger partial charge is 0.310 e. The maximum Gasteiger partial charge on any atom is 0.269 e. The summed E-state index contributed by atoms with van der Waals surface area (Å²) in [5.41, 5.74) is 2.13. The molecule has 1 atom stereocenters. The predicted octanol–water partition coefficient (Wildman–Crippen LogP) is 2.73. The first-order chi connectivity index (χ1) is 10.6. The number of anilines is 1. The summed E-state index contributed by atoms with van der Waals surface area (Å²) < 4.78 is 0. The van der Waals surface area contributed by atoms with Gasteiger partial charge in [0.1, 0.15) is 6.04 Å². The molecule has 0 fully saturated rings. The van der Waals surface area contributed by atoms with E-state index in [1.54, 1.807) is 13.1 Å². The molecule has 0 aliphatic carbocycles. The Kier molecular flexibility index (Phi) is 3.42. The third-order valence-electron chi connectivity index (χ3n) is 3.66. The second-order valence-corrected chi connectivity index (χ2v) is 4.99. The SMILES string of the molecule is CN1C(=O)C=NC(c2ccccc2)c2cc([N+](=O)[O-])ccc21. The zero-order valence-corrected chi connectivity index (χ0v) is 11.8. The summed E-state index contributed by atoms with van der Waals surface area (Å²) in [4.78, 5) is 28.4. The summed E-state index contributed by atoms with van der Waals surface area (Å²) in [6.07, 6.45) is 1.27. The maximum atomic E-state index is 12.0. The van der Waals surface area contributed by atoms with Crippen molar-refractivity contribution in [3.05, 3.63) is 69.8 Å². The minimum Gasteiger partial charge on any atom is -0.310 e. The van der Waals surface area contributed by atoms with E-state index in [1.165, 1.54) is 23.2 Å². The lowest BCUT2D eigenvalue weighted by atomic mass is 9.97. The van der Waals surface area contributed by atoms with Crippen LogP contribution in [0.25, 0.3) is 0 Å². The third kappa shape index (κ3) is 2.35. The summed E-state index contributed by atoms with van der Waals surface area (Å²) in [7, 11) is 1.63. The van der Waals surface area contributed by atoms with Gasteiger partial charge in [0.25, 0.3) is 11.6 Å². The Bertz CT molecular complexity index is 771. The molecule has 0 saturated carbocycles. The predicted molar refractivity (Wildman–Crippen MR) is 83.3 cm³/mol. The molecule has 3 rings (SSSR count). The molecule has 110 valence electrons. The van der Waals surface area contributed by atoms with E-state index < -0.39 is 11.0 Å². The van der Waals surface area contributed by atoms with Crippen molar-refractivity contribution in [2.24, 2.45) is 4.99 Å². The molecule has 6 nitrogen and oxygen atoms in total. The van der Waals surface area contributed by atoms with Crippen molar-refractivity contribution < 1.29 is 9.72 Å². The number of carbonyl (C=O) groups is 1. The number of hydrogen-bond donors (Lipinski definition) is 0. The van der Waals surface area contributed by atoms with E-state index in [9.17, 15) is 14.9 Å². The van der Waals surface area contributed by atoms with Crippen LogP contribution in [0.3, 0.4) is 0 Å². The number of rotatable bonds is 2. The summed E-state index contributed by atoms with van der Waals surface area (Å²) in [5.74, 6) is -0.256. The molecule has 0 spiro atoms. The van der Waals surface area contributed by atoms with Gasteiger partial charge in [0, 0.05) is 30.4 Å². The van der Waals surface area contributed by atoms with Crippen LogP contribution in [0.4, 0.5) is 11.4 Å². The fourth-order valence-corrected chi connectivity index (χ4v) is 2.50. The zero-order valence-electron chi connectivity index (χ0n) is 11.8. The van der Waals surface area contributed by atoms with Gasteiger partial charge in [-0.1, -0.05) is 30.3 Å². The van der Waals surface area contributed by atoms with Crippen LogP contribution < -0.4 is 4.90 Å². The number of nitro groups is 1. The van der Waals surface area contributed by atoms with E-state index in [0.717, 1.165) is 5.56 Å². The summed E-state index contributed by atoms with van der Waals surface area (Å²) in [6.45, 7) is 0. The molecule has 1 heterocycles. The van der Waals surface area contributed by atoms with E-state index >= 15 is 0 Å². The quantitative estimate of drug-likeness (QED) is 0.631. The standard InChI is InChI=1S/C16H13N3O3/c1-18-14-8-7-12(19(21)22)9-13(14)16(17-10-15(18)20)11-5-3-2-4-6-11/h2-10,16H,1H3. The fourth-order valence-electron chi connectivity index (χ4n) is 2.50. The van der Waals surface area contributed by atoms with Gasteiger partial charge in [0.2, 0.25) is 0 Å². The Morgan fingerprint density at radius 2 is 1.91 bits per heavy atom. The van der Waals surface area contributed by atoms with Crippen molar-refractivity contribution in [1.82, 2.24) is 0 Å². The van der Waals surface area contributed by atoms with E-state index in [-0.39, 0.29) is 11.6 Å². The molecule has 1 aliphatic rings. The van der Waals surface area contributed by atoms with Gasteiger partial charge in [-0.25, -0.2) is 0 Å². The van der Waals surface area contributed by atoms with Crippen LogP contribution >= 0.6 is 0 Å². The van der Waals surface area contributed by atoms with Crippen LogP contribution in [0.5, 0.6) is 0 Å². The highest BCUT2D eigenvalue weighted by Gasteiger charge is 2.26. The number of hydrogen-bond acceptors (Lipinski definition) is 4. The van der Waals surface area contributed by atoms with Crippen molar-refractivity contribution >= 4 is 23.5 Å². The fraction of sp³-hybridized carbons (Fsp3) is 0.125. The molecule has 2 aromatic carbocycles. The van der Waals surface area contributed by atoms with Crippen molar-refractivity contribution in [3.8, 4) is 0 Å². The summed E-state index contributed by atoms with van der Waals surface area (Å²) in [5, 5.41) is 11.0. The molecule has 0 saturated heterocycles. The average molecular weight is 295 g/mol. The van der Waals surface area contributed by atoms with Gasteiger partial charge >= 0.3 is 0 Å². The molecular weight excluding hydrogens is 282 g/mol. The molecule has 22 heavy (non-hydrogen) atoms. The van der Waals surface area contributed by atoms with Gasteiger partial charge in [0.05, 0.1) is 11.1 Å².